The van der Waals surface area contributed by atoms with Crippen LogP contribution in [0.2, 0.25) is 0 Å². The first-order valence-electron chi connectivity index (χ1n) is 9.92. The van der Waals surface area contributed by atoms with E-state index >= 15 is 0 Å². The van der Waals surface area contributed by atoms with Crippen molar-refractivity contribution < 1.29 is 14.3 Å². The first kappa shape index (κ1) is 19.0. The lowest BCUT2D eigenvalue weighted by molar-refractivity contribution is -0.0185. The van der Waals surface area contributed by atoms with E-state index in [9.17, 15) is 4.79 Å². The fourth-order valence-electron chi connectivity index (χ4n) is 4.07. The van der Waals surface area contributed by atoms with Crippen LogP contribution in [0.3, 0.4) is 0 Å². The van der Waals surface area contributed by atoms with Crippen LogP contribution in [-0.2, 0) is 11.2 Å². The Morgan fingerprint density at radius 2 is 2.12 bits per heavy atom. The number of carbonyl (C=O) groups excluding carboxylic acids is 1. The summed E-state index contributed by atoms with van der Waals surface area (Å²) in [7, 11) is 0. The Bertz CT molecular complexity index is 591. The molecule has 1 aromatic carbocycles. The second-order valence-electron chi connectivity index (χ2n) is 7.93. The summed E-state index contributed by atoms with van der Waals surface area (Å²) < 4.78 is 11.2. The molecule has 2 aliphatic heterocycles. The Hall–Kier alpha value is -1.75. The standard InChI is InChI=1S/C21H32N2O3/c1-17(2)26-19-6-3-5-18(15-19)7-11-22-20(24)23-12-4-8-21(16-23)9-13-25-14-10-21/h3,5-6,15,17H,4,7-14,16H2,1-2H3,(H,22,24). The van der Waals surface area contributed by atoms with Gasteiger partial charge >= 0.3 is 6.03 Å². The Labute approximate surface area is 157 Å². The molecule has 0 aromatic heterocycles. The minimum Gasteiger partial charge on any atom is -0.491 e. The maximum atomic E-state index is 12.6. The van der Waals surface area contributed by atoms with Crippen LogP contribution in [0, 0.1) is 5.41 Å². The zero-order valence-electron chi connectivity index (χ0n) is 16.1. The van der Waals surface area contributed by atoms with Gasteiger partial charge in [-0.2, -0.15) is 0 Å². The van der Waals surface area contributed by atoms with Crippen LogP contribution >= 0.6 is 0 Å². The van der Waals surface area contributed by atoms with Crippen molar-refractivity contribution in [3.63, 3.8) is 0 Å². The van der Waals surface area contributed by atoms with E-state index in [4.69, 9.17) is 9.47 Å². The highest BCUT2D eigenvalue weighted by Gasteiger charge is 2.38. The minimum absolute atomic E-state index is 0.0742. The number of hydrogen-bond acceptors (Lipinski definition) is 3. The fourth-order valence-corrected chi connectivity index (χ4v) is 4.07. The third-order valence-corrected chi connectivity index (χ3v) is 5.46. The first-order chi connectivity index (χ1) is 12.6. The normalized spacial score (nSPS) is 19.6. The molecule has 5 heteroatoms. The van der Waals surface area contributed by atoms with Crippen LogP contribution in [0.1, 0.15) is 45.1 Å². The molecule has 0 radical (unpaired) electrons. The molecule has 0 aliphatic carbocycles. The maximum absolute atomic E-state index is 12.6. The maximum Gasteiger partial charge on any atom is 0.317 e. The molecule has 144 valence electrons. The smallest absolute Gasteiger partial charge is 0.317 e. The molecular weight excluding hydrogens is 328 g/mol. The van der Waals surface area contributed by atoms with E-state index in [-0.39, 0.29) is 17.6 Å². The topological polar surface area (TPSA) is 50.8 Å². The predicted octanol–water partition coefficient (Wildman–Crippen LogP) is 3.62. The number of hydrogen-bond donors (Lipinski definition) is 1. The lowest BCUT2D eigenvalue weighted by Crippen LogP contribution is -2.51. The van der Waals surface area contributed by atoms with Crippen molar-refractivity contribution in [3.8, 4) is 5.75 Å². The van der Waals surface area contributed by atoms with Crippen molar-refractivity contribution in [2.75, 3.05) is 32.8 Å². The molecule has 0 unspecified atom stereocenters. The number of benzene rings is 1. The lowest BCUT2D eigenvalue weighted by atomic mass is 9.74. The number of likely N-dealkylation sites (tertiary alicyclic amines) is 1. The van der Waals surface area contributed by atoms with E-state index in [0.29, 0.717) is 6.54 Å². The summed E-state index contributed by atoms with van der Waals surface area (Å²) in [4.78, 5) is 14.6. The van der Waals surface area contributed by atoms with Crippen LogP contribution in [0.25, 0.3) is 0 Å². The molecule has 2 saturated heterocycles. The number of urea groups is 1. The van der Waals surface area contributed by atoms with Crippen molar-refractivity contribution in [1.29, 1.82) is 0 Å². The van der Waals surface area contributed by atoms with Crippen molar-refractivity contribution in [3.05, 3.63) is 29.8 Å². The third-order valence-electron chi connectivity index (χ3n) is 5.46. The van der Waals surface area contributed by atoms with E-state index < -0.39 is 0 Å². The Morgan fingerprint density at radius 1 is 1.31 bits per heavy atom. The number of ether oxygens (including phenoxy) is 2. The molecule has 5 nitrogen and oxygen atoms in total. The van der Waals surface area contributed by atoms with E-state index in [1.165, 1.54) is 12.0 Å². The molecule has 2 amide bonds. The van der Waals surface area contributed by atoms with Gasteiger partial charge in [-0.25, -0.2) is 4.79 Å². The summed E-state index contributed by atoms with van der Waals surface area (Å²) in [6.07, 6.45) is 5.47. The van der Waals surface area contributed by atoms with Crippen LogP contribution in [0.4, 0.5) is 4.79 Å². The molecule has 1 N–H and O–H groups in total. The molecule has 26 heavy (non-hydrogen) atoms. The lowest BCUT2D eigenvalue weighted by Gasteiger charge is -2.45. The zero-order valence-corrected chi connectivity index (χ0v) is 16.1. The molecule has 2 heterocycles. The molecule has 1 aromatic rings. The van der Waals surface area contributed by atoms with Crippen LogP contribution in [0.5, 0.6) is 5.75 Å². The summed E-state index contributed by atoms with van der Waals surface area (Å²) >= 11 is 0. The first-order valence-corrected chi connectivity index (χ1v) is 9.92. The second kappa shape index (κ2) is 8.76. The van der Waals surface area contributed by atoms with Crippen molar-refractivity contribution in [2.24, 2.45) is 5.41 Å². The van der Waals surface area contributed by atoms with Crippen molar-refractivity contribution >= 4 is 6.03 Å². The molecule has 2 fully saturated rings. The third kappa shape index (κ3) is 5.13. The minimum atomic E-state index is 0.0742. The van der Waals surface area contributed by atoms with Gasteiger partial charge in [0.25, 0.3) is 0 Å². The number of nitrogens with zero attached hydrogens (tertiary/aromatic N) is 1. The SMILES string of the molecule is CC(C)Oc1cccc(CCNC(=O)N2CCCC3(CCOCC3)C2)c1. The highest BCUT2D eigenvalue weighted by molar-refractivity contribution is 5.74. The molecule has 0 saturated carbocycles. The Balaban J connectivity index is 1.46. The van der Waals surface area contributed by atoms with E-state index in [1.54, 1.807) is 0 Å². The van der Waals surface area contributed by atoms with Crippen molar-refractivity contribution in [2.45, 2.75) is 52.1 Å². The van der Waals surface area contributed by atoms with Crippen LogP contribution in [0.15, 0.2) is 24.3 Å². The average Bonchev–Trinajstić information content (AvgIpc) is 2.62. The zero-order chi connectivity index (χ0) is 18.4. The highest BCUT2D eigenvalue weighted by atomic mass is 16.5. The van der Waals surface area contributed by atoms with Gasteiger partial charge in [-0.3, -0.25) is 0 Å². The number of amides is 2. The number of nitrogens with one attached hydrogen (secondary N) is 1. The fraction of sp³-hybridized carbons (Fsp3) is 0.667. The highest BCUT2D eigenvalue weighted by Crippen LogP contribution is 2.39. The van der Waals surface area contributed by atoms with Gasteiger partial charge in [0.1, 0.15) is 5.75 Å². The molecule has 2 aliphatic rings. The van der Waals surface area contributed by atoms with E-state index in [2.05, 4.69) is 17.4 Å². The summed E-state index contributed by atoms with van der Waals surface area (Å²) in [5, 5.41) is 3.10. The quantitative estimate of drug-likeness (QED) is 0.872. The predicted molar refractivity (Wildman–Crippen MR) is 103 cm³/mol. The van der Waals surface area contributed by atoms with Gasteiger partial charge in [-0.1, -0.05) is 12.1 Å². The van der Waals surface area contributed by atoms with Crippen LogP contribution < -0.4 is 10.1 Å². The van der Waals surface area contributed by atoms with E-state index in [1.807, 2.05) is 30.9 Å². The second-order valence-corrected chi connectivity index (χ2v) is 7.93. The number of rotatable bonds is 5. The monoisotopic (exact) mass is 360 g/mol. The molecule has 0 atom stereocenters. The number of carbonyl (C=O) groups is 1. The van der Waals surface area contributed by atoms with Crippen molar-refractivity contribution in [1.82, 2.24) is 10.2 Å². The number of piperidine rings is 1. The molecule has 0 bridgehead atoms. The molecular formula is C21H32N2O3. The van der Waals surface area contributed by atoms with Gasteiger partial charge in [0, 0.05) is 32.8 Å². The summed E-state index contributed by atoms with van der Waals surface area (Å²) in [6, 6.07) is 8.20. The van der Waals surface area contributed by atoms with Crippen LogP contribution in [-0.4, -0.2) is 49.9 Å². The van der Waals surface area contributed by atoms with Gasteiger partial charge in [0.05, 0.1) is 6.10 Å². The Morgan fingerprint density at radius 3 is 2.88 bits per heavy atom. The van der Waals surface area contributed by atoms with E-state index in [0.717, 1.165) is 57.7 Å². The largest absolute Gasteiger partial charge is 0.491 e. The van der Waals surface area contributed by atoms with Gasteiger partial charge in [0.2, 0.25) is 0 Å². The van der Waals surface area contributed by atoms with Gasteiger partial charge in [-0.15, -0.1) is 0 Å². The van der Waals surface area contributed by atoms with Gasteiger partial charge in [0.15, 0.2) is 0 Å². The molecule has 1 spiro atoms. The summed E-state index contributed by atoms with van der Waals surface area (Å²) in [5.74, 6) is 0.890. The Kier molecular flexibility index (Phi) is 6.41. The summed E-state index contributed by atoms with van der Waals surface area (Å²) in [5.41, 5.74) is 1.47. The van der Waals surface area contributed by atoms with Gasteiger partial charge in [-0.05, 0) is 69.1 Å². The average molecular weight is 360 g/mol. The van der Waals surface area contributed by atoms with Gasteiger partial charge < -0.3 is 19.7 Å². The molecule has 3 rings (SSSR count). The summed E-state index contributed by atoms with van der Waals surface area (Å²) in [6.45, 7) is 8.12.